The first kappa shape index (κ1) is 17.0. The van der Waals surface area contributed by atoms with Crippen LogP contribution in [-0.4, -0.2) is 25.5 Å². The first-order valence-electron chi connectivity index (χ1n) is 7.33. The van der Waals surface area contributed by atoms with E-state index >= 15 is 0 Å². The lowest BCUT2D eigenvalue weighted by Crippen LogP contribution is -2.33. The highest BCUT2D eigenvalue weighted by atomic mass is 35.5. The van der Waals surface area contributed by atoms with Crippen molar-refractivity contribution in [2.24, 2.45) is 5.92 Å². The van der Waals surface area contributed by atoms with Gasteiger partial charge in [0.1, 0.15) is 0 Å². The van der Waals surface area contributed by atoms with Crippen LogP contribution in [0.5, 0.6) is 0 Å². The van der Waals surface area contributed by atoms with Gasteiger partial charge < -0.3 is 10.6 Å². The van der Waals surface area contributed by atoms with E-state index in [0.717, 1.165) is 38.9 Å². The van der Waals surface area contributed by atoms with E-state index < -0.39 is 0 Å². The van der Waals surface area contributed by atoms with E-state index in [1.165, 1.54) is 11.1 Å². The van der Waals surface area contributed by atoms with Gasteiger partial charge in [-0.15, -0.1) is 12.4 Å². The van der Waals surface area contributed by atoms with Crippen molar-refractivity contribution in [1.82, 2.24) is 10.6 Å². The van der Waals surface area contributed by atoms with Gasteiger partial charge in [-0.25, -0.2) is 0 Å². The Morgan fingerprint density at radius 2 is 2.00 bits per heavy atom. The van der Waals surface area contributed by atoms with Crippen molar-refractivity contribution < 1.29 is 4.79 Å². The fraction of sp³-hybridized carbons (Fsp3) is 0.562. The largest absolute Gasteiger partial charge is 0.355 e. The fourth-order valence-electron chi connectivity index (χ4n) is 2.75. The summed E-state index contributed by atoms with van der Waals surface area (Å²) in [6.07, 6.45) is 3.97. The second kappa shape index (κ2) is 8.98. The third-order valence-electron chi connectivity index (χ3n) is 3.80. The molecule has 0 aromatic heterocycles. The summed E-state index contributed by atoms with van der Waals surface area (Å²) in [6.45, 7) is 4.61. The van der Waals surface area contributed by atoms with Gasteiger partial charge in [-0.1, -0.05) is 31.2 Å². The monoisotopic (exact) mass is 296 g/mol. The van der Waals surface area contributed by atoms with Gasteiger partial charge in [0.05, 0.1) is 0 Å². The van der Waals surface area contributed by atoms with Crippen molar-refractivity contribution in [3.8, 4) is 0 Å². The Kier molecular flexibility index (Phi) is 7.63. The molecule has 0 aliphatic heterocycles. The molecule has 1 aromatic rings. The number of fused-ring (bicyclic) bond motifs is 1. The molecular formula is C16H25ClN2O. The van der Waals surface area contributed by atoms with Crippen LogP contribution in [0.3, 0.4) is 0 Å². The molecule has 0 fully saturated rings. The average molecular weight is 297 g/mol. The Morgan fingerprint density at radius 1 is 1.25 bits per heavy atom. The number of hydrogen-bond donors (Lipinski definition) is 2. The quantitative estimate of drug-likeness (QED) is 0.791. The van der Waals surface area contributed by atoms with Crippen LogP contribution in [0.1, 0.15) is 30.9 Å². The van der Waals surface area contributed by atoms with Gasteiger partial charge in [0.25, 0.3) is 0 Å². The zero-order valence-corrected chi connectivity index (χ0v) is 13.0. The second-order valence-electron chi connectivity index (χ2n) is 5.29. The summed E-state index contributed by atoms with van der Waals surface area (Å²) < 4.78 is 0. The third kappa shape index (κ3) is 5.14. The molecule has 0 radical (unpaired) electrons. The maximum absolute atomic E-state index is 11.8. The van der Waals surface area contributed by atoms with Crippen LogP contribution >= 0.6 is 12.4 Å². The summed E-state index contributed by atoms with van der Waals surface area (Å²) in [5, 5.41) is 6.19. The molecule has 3 nitrogen and oxygen atoms in total. The second-order valence-corrected chi connectivity index (χ2v) is 5.29. The Labute approximate surface area is 127 Å². The first-order chi connectivity index (χ1) is 9.29. The van der Waals surface area contributed by atoms with E-state index in [9.17, 15) is 4.79 Å². The predicted molar refractivity (Wildman–Crippen MR) is 85.4 cm³/mol. The van der Waals surface area contributed by atoms with Gasteiger partial charge in [0.15, 0.2) is 0 Å². The van der Waals surface area contributed by atoms with Crippen molar-refractivity contribution in [2.75, 3.05) is 19.6 Å². The van der Waals surface area contributed by atoms with E-state index in [0.29, 0.717) is 12.3 Å². The van der Waals surface area contributed by atoms with Crippen molar-refractivity contribution >= 4 is 18.3 Å². The Balaban J connectivity index is 0.00000200. The fourth-order valence-corrected chi connectivity index (χ4v) is 2.75. The number of carbonyl (C=O) groups is 1. The molecule has 2 N–H and O–H groups in total. The molecular weight excluding hydrogens is 272 g/mol. The van der Waals surface area contributed by atoms with Gasteiger partial charge in [-0.2, -0.15) is 0 Å². The number of nitrogens with one attached hydrogen (secondary N) is 2. The highest BCUT2D eigenvalue weighted by Crippen LogP contribution is 2.27. The van der Waals surface area contributed by atoms with Crippen LogP contribution in [0.15, 0.2) is 24.3 Å². The molecule has 0 saturated heterocycles. The van der Waals surface area contributed by atoms with E-state index in [-0.39, 0.29) is 18.3 Å². The number of hydrogen-bond acceptors (Lipinski definition) is 2. The summed E-state index contributed by atoms with van der Waals surface area (Å²) in [5.41, 5.74) is 2.89. The van der Waals surface area contributed by atoms with E-state index in [1.54, 1.807) is 0 Å². The molecule has 1 aromatic carbocycles. The smallest absolute Gasteiger partial charge is 0.220 e. The number of likely N-dealkylation sites (N-methyl/N-ethyl adjacent to an activating group) is 1. The molecule has 1 atom stereocenters. The van der Waals surface area contributed by atoms with Gasteiger partial charge in [-0.05, 0) is 42.9 Å². The maximum Gasteiger partial charge on any atom is 0.220 e. The van der Waals surface area contributed by atoms with E-state index in [4.69, 9.17) is 0 Å². The Morgan fingerprint density at radius 3 is 2.75 bits per heavy atom. The molecule has 2 rings (SSSR count). The van der Waals surface area contributed by atoms with E-state index in [2.05, 4.69) is 41.8 Å². The zero-order valence-electron chi connectivity index (χ0n) is 12.2. The lowest BCUT2D eigenvalue weighted by atomic mass is 9.82. The average Bonchev–Trinajstić information content (AvgIpc) is 2.43. The zero-order chi connectivity index (χ0) is 13.5. The molecule has 1 amide bonds. The minimum Gasteiger partial charge on any atom is -0.355 e. The Bertz CT molecular complexity index is 423. The number of rotatable bonds is 6. The van der Waals surface area contributed by atoms with Crippen LogP contribution in [0.25, 0.3) is 0 Å². The molecule has 0 spiro atoms. The van der Waals surface area contributed by atoms with E-state index in [1.807, 2.05) is 0 Å². The molecule has 1 aliphatic carbocycles. The van der Waals surface area contributed by atoms with Crippen LogP contribution in [0.4, 0.5) is 0 Å². The highest BCUT2D eigenvalue weighted by Gasteiger charge is 2.20. The lowest BCUT2D eigenvalue weighted by molar-refractivity contribution is -0.122. The molecule has 20 heavy (non-hydrogen) atoms. The van der Waals surface area contributed by atoms with Crippen LogP contribution in [-0.2, 0) is 17.6 Å². The molecule has 112 valence electrons. The molecule has 4 heteroatoms. The Hall–Kier alpha value is -1.06. The summed E-state index contributed by atoms with van der Waals surface area (Å²) in [5.74, 6) is 0.705. The molecule has 1 unspecified atom stereocenters. The molecule has 0 bridgehead atoms. The SMILES string of the molecule is CCNCCNC(=O)CC1CCc2ccccc2C1.Cl. The third-order valence-corrected chi connectivity index (χ3v) is 3.80. The van der Waals surface area contributed by atoms with Crippen LogP contribution in [0, 0.1) is 5.92 Å². The van der Waals surface area contributed by atoms with Crippen molar-refractivity contribution in [2.45, 2.75) is 32.6 Å². The standard InChI is InChI=1S/C16H24N2O.ClH/c1-2-17-9-10-18-16(19)12-13-7-8-14-5-3-4-6-15(14)11-13;/h3-6,13,17H,2,7-12H2,1H3,(H,18,19);1H. The number of halogens is 1. The maximum atomic E-state index is 11.8. The number of aryl methyl sites for hydroxylation is 1. The summed E-state index contributed by atoms with van der Waals surface area (Å²) in [7, 11) is 0. The molecule has 1 aliphatic rings. The first-order valence-corrected chi connectivity index (χ1v) is 7.33. The molecule has 0 heterocycles. The normalized spacial score (nSPS) is 16.9. The van der Waals surface area contributed by atoms with Gasteiger partial charge >= 0.3 is 0 Å². The number of amides is 1. The minimum absolute atomic E-state index is 0. The summed E-state index contributed by atoms with van der Waals surface area (Å²) in [6, 6.07) is 8.61. The van der Waals surface area contributed by atoms with Crippen LogP contribution < -0.4 is 10.6 Å². The van der Waals surface area contributed by atoms with Gasteiger partial charge in [-0.3, -0.25) is 4.79 Å². The molecule has 0 saturated carbocycles. The van der Waals surface area contributed by atoms with Crippen molar-refractivity contribution in [3.63, 3.8) is 0 Å². The van der Waals surface area contributed by atoms with Gasteiger partial charge in [0.2, 0.25) is 5.91 Å². The number of carbonyl (C=O) groups excluding carboxylic acids is 1. The topological polar surface area (TPSA) is 41.1 Å². The minimum atomic E-state index is 0. The summed E-state index contributed by atoms with van der Waals surface area (Å²) in [4.78, 5) is 11.8. The lowest BCUT2D eigenvalue weighted by Gasteiger charge is -2.24. The van der Waals surface area contributed by atoms with Gasteiger partial charge in [0, 0.05) is 19.5 Å². The number of benzene rings is 1. The van der Waals surface area contributed by atoms with Crippen LogP contribution in [0.2, 0.25) is 0 Å². The van der Waals surface area contributed by atoms with Crippen molar-refractivity contribution in [1.29, 1.82) is 0 Å². The summed E-state index contributed by atoms with van der Waals surface area (Å²) >= 11 is 0. The van der Waals surface area contributed by atoms with Crippen molar-refractivity contribution in [3.05, 3.63) is 35.4 Å². The predicted octanol–water partition coefficient (Wildman–Crippen LogP) is 2.33. The highest BCUT2D eigenvalue weighted by molar-refractivity contribution is 5.85.